The third kappa shape index (κ3) is 5.19. The fraction of sp³-hybridized carbons (Fsp3) is 0.647. The van der Waals surface area contributed by atoms with Gasteiger partial charge in [0.15, 0.2) is 0 Å². The van der Waals surface area contributed by atoms with Crippen LogP contribution in [-0.4, -0.2) is 11.3 Å². The van der Waals surface area contributed by atoms with Crippen LogP contribution in [0.15, 0.2) is 29.2 Å². The third-order valence-electron chi connectivity index (χ3n) is 3.88. The summed E-state index contributed by atoms with van der Waals surface area (Å²) in [6, 6.07) is 9.60. The Kier molecular flexibility index (Phi) is 5.77. The number of thioether (sulfide) groups is 1. The Labute approximate surface area is 122 Å². The molecule has 1 aliphatic carbocycles. The van der Waals surface area contributed by atoms with E-state index in [1.54, 1.807) is 0 Å². The maximum absolute atomic E-state index is 3.49. The van der Waals surface area contributed by atoms with Crippen molar-refractivity contribution in [3.63, 3.8) is 0 Å². The number of nitrogens with one attached hydrogen (secondary N) is 1. The molecule has 1 nitrogen and oxygen atoms in total. The second kappa shape index (κ2) is 7.35. The summed E-state index contributed by atoms with van der Waals surface area (Å²) in [7, 11) is 0. The lowest BCUT2D eigenvalue weighted by molar-refractivity contribution is 0.393. The molecule has 0 amide bonds. The van der Waals surface area contributed by atoms with E-state index in [9.17, 15) is 0 Å². The fourth-order valence-electron chi connectivity index (χ4n) is 2.59. The van der Waals surface area contributed by atoms with E-state index < -0.39 is 0 Å². The van der Waals surface area contributed by atoms with Crippen molar-refractivity contribution in [1.29, 1.82) is 0 Å². The molecule has 0 saturated heterocycles. The Morgan fingerprint density at radius 2 is 1.95 bits per heavy atom. The van der Waals surface area contributed by atoms with Gasteiger partial charge in [0.2, 0.25) is 0 Å². The molecule has 1 aromatic carbocycles. The summed E-state index contributed by atoms with van der Waals surface area (Å²) in [5.41, 5.74) is 1.41. The Balaban J connectivity index is 1.88. The van der Waals surface area contributed by atoms with E-state index in [0.29, 0.717) is 6.04 Å². The second-order valence-corrected chi connectivity index (χ2v) is 7.56. The van der Waals surface area contributed by atoms with E-state index in [1.807, 2.05) is 0 Å². The van der Waals surface area contributed by atoms with Crippen LogP contribution in [-0.2, 0) is 6.54 Å². The highest BCUT2D eigenvalue weighted by molar-refractivity contribution is 8.00. The molecule has 0 spiro atoms. The highest BCUT2D eigenvalue weighted by atomic mass is 32.2. The van der Waals surface area contributed by atoms with E-state index in [2.05, 4.69) is 62.1 Å². The van der Waals surface area contributed by atoms with Crippen molar-refractivity contribution >= 4 is 11.8 Å². The van der Waals surface area contributed by atoms with Crippen LogP contribution in [0.4, 0.5) is 0 Å². The summed E-state index contributed by atoms with van der Waals surface area (Å²) < 4.78 is 0. The zero-order valence-corrected chi connectivity index (χ0v) is 13.3. The predicted molar refractivity (Wildman–Crippen MR) is 85.7 cm³/mol. The van der Waals surface area contributed by atoms with Crippen LogP contribution in [0, 0.1) is 5.92 Å². The standard InChI is InChI=1S/C17H27NS/c1-13(2)18-12-15-5-4-6-17(11-15)19-16-9-7-14(3)8-10-16/h4-6,11,13-14,16,18H,7-10,12H2,1-3H3. The first-order valence-electron chi connectivity index (χ1n) is 7.62. The lowest BCUT2D eigenvalue weighted by Gasteiger charge is -2.25. The molecule has 2 heteroatoms. The van der Waals surface area contributed by atoms with Gasteiger partial charge in [-0.3, -0.25) is 0 Å². The molecular weight excluding hydrogens is 250 g/mol. The first kappa shape index (κ1) is 14.9. The molecule has 0 bridgehead atoms. The minimum Gasteiger partial charge on any atom is -0.310 e. The maximum atomic E-state index is 3.49. The average Bonchev–Trinajstić information content (AvgIpc) is 2.40. The van der Waals surface area contributed by atoms with E-state index in [0.717, 1.165) is 17.7 Å². The number of benzene rings is 1. The van der Waals surface area contributed by atoms with Crippen LogP contribution in [0.2, 0.25) is 0 Å². The number of hydrogen-bond acceptors (Lipinski definition) is 2. The zero-order valence-electron chi connectivity index (χ0n) is 12.5. The highest BCUT2D eigenvalue weighted by Gasteiger charge is 2.18. The van der Waals surface area contributed by atoms with Crippen molar-refractivity contribution in [1.82, 2.24) is 5.32 Å². The van der Waals surface area contributed by atoms with Gasteiger partial charge in [-0.25, -0.2) is 0 Å². The SMILES string of the molecule is CC1CCC(Sc2cccc(CNC(C)C)c2)CC1. The Bertz CT molecular complexity index is 381. The molecule has 1 aliphatic rings. The van der Waals surface area contributed by atoms with Crippen molar-refractivity contribution in [3.8, 4) is 0 Å². The quantitative estimate of drug-likeness (QED) is 0.825. The molecule has 19 heavy (non-hydrogen) atoms. The molecule has 2 rings (SSSR count). The van der Waals surface area contributed by atoms with Gasteiger partial charge >= 0.3 is 0 Å². The molecule has 0 unspecified atom stereocenters. The Morgan fingerprint density at radius 1 is 1.21 bits per heavy atom. The van der Waals surface area contributed by atoms with Gasteiger partial charge in [0.05, 0.1) is 0 Å². The minimum atomic E-state index is 0.552. The van der Waals surface area contributed by atoms with Crippen molar-refractivity contribution < 1.29 is 0 Å². The predicted octanol–water partition coefficient (Wildman–Crippen LogP) is 4.86. The smallest absolute Gasteiger partial charge is 0.0208 e. The maximum Gasteiger partial charge on any atom is 0.0208 e. The van der Waals surface area contributed by atoms with E-state index in [4.69, 9.17) is 0 Å². The van der Waals surface area contributed by atoms with Gasteiger partial charge in [-0.1, -0.05) is 32.9 Å². The summed E-state index contributed by atoms with van der Waals surface area (Å²) in [6.07, 6.45) is 5.60. The number of rotatable bonds is 5. The van der Waals surface area contributed by atoms with Crippen LogP contribution in [0.3, 0.4) is 0 Å². The molecular formula is C17H27NS. The van der Waals surface area contributed by atoms with E-state index in [-0.39, 0.29) is 0 Å². The Hall–Kier alpha value is -0.470. The van der Waals surface area contributed by atoms with Crippen molar-refractivity contribution in [2.75, 3.05) is 0 Å². The first-order chi connectivity index (χ1) is 9.13. The minimum absolute atomic E-state index is 0.552. The van der Waals surface area contributed by atoms with Gasteiger partial charge in [-0.15, -0.1) is 11.8 Å². The summed E-state index contributed by atoms with van der Waals surface area (Å²) >= 11 is 2.09. The Morgan fingerprint density at radius 3 is 2.63 bits per heavy atom. The van der Waals surface area contributed by atoms with Crippen LogP contribution in [0.1, 0.15) is 52.0 Å². The van der Waals surface area contributed by atoms with E-state index in [1.165, 1.54) is 36.1 Å². The monoisotopic (exact) mass is 277 g/mol. The highest BCUT2D eigenvalue weighted by Crippen LogP contribution is 2.35. The second-order valence-electron chi connectivity index (χ2n) is 6.18. The molecule has 1 fully saturated rings. The largest absolute Gasteiger partial charge is 0.310 e. The summed E-state index contributed by atoms with van der Waals surface area (Å²) in [5, 5.41) is 4.33. The first-order valence-corrected chi connectivity index (χ1v) is 8.50. The summed E-state index contributed by atoms with van der Waals surface area (Å²) in [6.45, 7) is 7.76. The molecule has 0 aromatic heterocycles. The zero-order chi connectivity index (χ0) is 13.7. The van der Waals surface area contributed by atoms with Crippen molar-refractivity contribution in [2.45, 2.75) is 69.2 Å². The van der Waals surface area contributed by atoms with Gasteiger partial charge < -0.3 is 5.32 Å². The molecule has 106 valence electrons. The number of hydrogen-bond donors (Lipinski definition) is 1. The van der Waals surface area contributed by atoms with Crippen LogP contribution < -0.4 is 5.32 Å². The van der Waals surface area contributed by atoms with Crippen LogP contribution in [0.5, 0.6) is 0 Å². The lowest BCUT2D eigenvalue weighted by atomic mass is 9.91. The molecule has 1 N–H and O–H groups in total. The van der Waals surface area contributed by atoms with Crippen LogP contribution in [0.25, 0.3) is 0 Å². The van der Waals surface area contributed by atoms with Crippen molar-refractivity contribution in [2.24, 2.45) is 5.92 Å². The molecule has 0 atom stereocenters. The fourth-order valence-corrected chi connectivity index (χ4v) is 3.86. The average molecular weight is 277 g/mol. The summed E-state index contributed by atoms with van der Waals surface area (Å²) in [4.78, 5) is 1.45. The molecule has 0 radical (unpaired) electrons. The molecule has 0 aliphatic heterocycles. The van der Waals surface area contributed by atoms with Gasteiger partial charge in [-0.05, 0) is 49.3 Å². The van der Waals surface area contributed by atoms with Crippen LogP contribution >= 0.6 is 11.8 Å². The third-order valence-corrected chi connectivity index (χ3v) is 5.21. The van der Waals surface area contributed by atoms with Crippen molar-refractivity contribution in [3.05, 3.63) is 29.8 Å². The van der Waals surface area contributed by atoms with Gasteiger partial charge in [-0.2, -0.15) is 0 Å². The summed E-state index contributed by atoms with van der Waals surface area (Å²) in [5.74, 6) is 0.943. The molecule has 1 saturated carbocycles. The lowest BCUT2D eigenvalue weighted by Crippen LogP contribution is -2.21. The topological polar surface area (TPSA) is 12.0 Å². The van der Waals surface area contributed by atoms with Gasteiger partial charge in [0.1, 0.15) is 0 Å². The molecule has 1 aromatic rings. The van der Waals surface area contributed by atoms with E-state index >= 15 is 0 Å². The molecule has 0 heterocycles. The van der Waals surface area contributed by atoms with Gasteiger partial charge in [0, 0.05) is 22.7 Å². The van der Waals surface area contributed by atoms with Gasteiger partial charge in [0.25, 0.3) is 0 Å². The normalized spacial score (nSPS) is 23.8.